The van der Waals surface area contributed by atoms with Crippen LogP contribution >= 0.6 is 0 Å². The van der Waals surface area contributed by atoms with Crippen molar-refractivity contribution in [1.82, 2.24) is 0 Å². The summed E-state index contributed by atoms with van der Waals surface area (Å²) in [6, 6.07) is 17.2. The van der Waals surface area contributed by atoms with Crippen LogP contribution in [0.4, 0.5) is 0 Å². The van der Waals surface area contributed by atoms with Gasteiger partial charge in [0.1, 0.15) is 12.2 Å². The van der Waals surface area contributed by atoms with E-state index < -0.39 is 0 Å². The lowest BCUT2D eigenvalue weighted by molar-refractivity contribution is -0.0392. The van der Waals surface area contributed by atoms with E-state index in [-0.39, 0.29) is 12.2 Å². The molecule has 4 rings (SSSR count). The number of hydrogen-bond acceptors (Lipinski definition) is 2. The van der Waals surface area contributed by atoms with Gasteiger partial charge in [-0.25, -0.2) is 0 Å². The summed E-state index contributed by atoms with van der Waals surface area (Å²) in [4.78, 5) is 0. The van der Waals surface area contributed by atoms with E-state index in [2.05, 4.69) is 48.5 Å². The van der Waals surface area contributed by atoms with Gasteiger partial charge in [0.05, 0.1) is 0 Å². The summed E-state index contributed by atoms with van der Waals surface area (Å²) in [5.41, 5.74) is 2.45. The molecule has 3 aromatic carbocycles. The first kappa shape index (κ1) is 11.9. The first-order valence-electron chi connectivity index (χ1n) is 6.85. The van der Waals surface area contributed by atoms with E-state index in [0.29, 0.717) is 0 Å². The average Bonchev–Trinajstić information content (AvgIpc) is 2.51. The van der Waals surface area contributed by atoms with Gasteiger partial charge < -0.3 is 9.47 Å². The molecule has 0 saturated carbocycles. The maximum absolute atomic E-state index is 5.75. The third kappa shape index (κ3) is 1.41. The Hall–Kier alpha value is -1.90. The SMILES string of the molecule is COC1c2cccc3ccc4cccc(c4c23)C1OC. The highest BCUT2D eigenvalue weighted by Gasteiger charge is 2.32. The van der Waals surface area contributed by atoms with Crippen molar-refractivity contribution < 1.29 is 9.47 Å². The lowest BCUT2D eigenvalue weighted by Crippen LogP contribution is -2.19. The highest BCUT2D eigenvalue weighted by molar-refractivity contribution is 6.12. The van der Waals surface area contributed by atoms with Gasteiger partial charge in [0.25, 0.3) is 0 Å². The molecule has 0 saturated heterocycles. The Morgan fingerprint density at radius 2 is 1.10 bits per heavy atom. The van der Waals surface area contributed by atoms with Crippen LogP contribution in [0.25, 0.3) is 21.5 Å². The van der Waals surface area contributed by atoms with Gasteiger partial charge >= 0.3 is 0 Å². The van der Waals surface area contributed by atoms with Crippen molar-refractivity contribution in [2.24, 2.45) is 0 Å². The van der Waals surface area contributed by atoms with Crippen molar-refractivity contribution in [3.63, 3.8) is 0 Å². The van der Waals surface area contributed by atoms with Crippen molar-refractivity contribution in [2.75, 3.05) is 14.2 Å². The molecule has 1 aliphatic rings. The number of benzene rings is 3. The summed E-state index contributed by atoms with van der Waals surface area (Å²) < 4.78 is 11.5. The van der Waals surface area contributed by atoms with E-state index in [1.165, 1.54) is 32.7 Å². The molecule has 2 heteroatoms. The zero-order chi connectivity index (χ0) is 13.7. The maximum atomic E-state index is 5.75. The van der Waals surface area contributed by atoms with Crippen LogP contribution in [0.15, 0.2) is 48.5 Å². The van der Waals surface area contributed by atoms with Crippen molar-refractivity contribution >= 4 is 21.5 Å². The molecule has 0 radical (unpaired) electrons. The summed E-state index contributed by atoms with van der Waals surface area (Å²) in [5.74, 6) is 0. The minimum absolute atomic E-state index is 0.0517. The molecular formula is C18H16O2. The quantitative estimate of drug-likeness (QED) is 0.639. The van der Waals surface area contributed by atoms with Crippen molar-refractivity contribution in [3.05, 3.63) is 59.7 Å². The van der Waals surface area contributed by atoms with Gasteiger partial charge in [-0.15, -0.1) is 0 Å². The highest BCUT2D eigenvalue weighted by Crippen LogP contribution is 2.47. The fourth-order valence-corrected chi connectivity index (χ4v) is 3.51. The Morgan fingerprint density at radius 3 is 1.50 bits per heavy atom. The smallest absolute Gasteiger partial charge is 0.113 e. The molecule has 100 valence electrons. The Labute approximate surface area is 117 Å². The zero-order valence-electron chi connectivity index (χ0n) is 11.6. The van der Waals surface area contributed by atoms with Crippen molar-refractivity contribution in [2.45, 2.75) is 12.2 Å². The predicted molar refractivity (Wildman–Crippen MR) is 81.0 cm³/mol. The van der Waals surface area contributed by atoms with E-state index in [4.69, 9.17) is 9.47 Å². The van der Waals surface area contributed by atoms with E-state index in [1.807, 2.05) is 0 Å². The molecule has 0 aliphatic heterocycles. The van der Waals surface area contributed by atoms with E-state index >= 15 is 0 Å². The maximum Gasteiger partial charge on any atom is 0.113 e. The lowest BCUT2D eigenvalue weighted by atomic mass is 9.83. The Morgan fingerprint density at radius 1 is 0.650 bits per heavy atom. The van der Waals surface area contributed by atoms with Crippen LogP contribution in [0.3, 0.4) is 0 Å². The second-order valence-electron chi connectivity index (χ2n) is 5.27. The first-order valence-corrected chi connectivity index (χ1v) is 6.85. The van der Waals surface area contributed by atoms with E-state index in [9.17, 15) is 0 Å². The molecule has 2 nitrogen and oxygen atoms in total. The van der Waals surface area contributed by atoms with Crippen LogP contribution in [-0.4, -0.2) is 14.2 Å². The molecule has 0 N–H and O–H groups in total. The molecule has 0 amide bonds. The fraction of sp³-hybridized carbons (Fsp3) is 0.222. The Balaban J connectivity index is 2.25. The van der Waals surface area contributed by atoms with Gasteiger partial charge in [-0.3, -0.25) is 0 Å². The number of ether oxygens (including phenoxy) is 2. The van der Waals surface area contributed by atoms with Crippen LogP contribution in [-0.2, 0) is 9.47 Å². The molecule has 0 bridgehead atoms. The number of rotatable bonds is 2. The molecule has 0 heterocycles. The normalized spacial score (nSPS) is 20.9. The standard InChI is InChI=1S/C18H16O2/c1-19-17-13-7-3-5-11-9-10-12-6-4-8-14(18(17)20-2)16(12)15(11)13/h3-10,17-18H,1-2H3. The molecule has 0 fully saturated rings. The zero-order valence-corrected chi connectivity index (χ0v) is 11.6. The third-order valence-corrected chi connectivity index (χ3v) is 4.35. The van der Waals surface area contributed by atoms with Gasteiger partial charge in [-0.05, 0) is 32.7 Å². The van der Waals surface area contributed by atoms with Crippen molar-refractivity contribution in [1.29, 1.82) is 0 Å². The van der Waals surface area contributed by atoms with E-state index in [0.717, 1.165) is 0 Å². The molecule has 0 aromatic heterocycles. The molecule has 2 atom stereocenters. The van der Waals surface area contributed by atoms with Crippen LogP contribution in [0.2, 0.25) is 0 Å². The molecular weight excluding hydrogens is 248 g/mol. The molecule has 2 unspecified atom stereocenters. The molecule has 1 aliphatic carbocycles. The minimum atomic E-state index is -0.0517. The van der Waals surface area contributed by atoms with Crippen LogP contribution < -0.4 is 0 Å². The summed E-state index contributed by atoms with van der Waals surface area (Å²) in [7, 11) is 3.51. The van der Waals surface area contributed by atoms with Gasteiger partial charge in [0.15, 0.2) is 0 Å². The van der Waals surface area contributed by atoms with Gasteiger partial charge in [0.2, 0.25) is 0 Å². The molecule has 20 heavy (non-hydrogen) atoms. The van der Waals surface area contributed by atoms with Crippen LogP contribution in [0.1, 0.15) is 23.3 Å². The summed E-state index contributed by atoms with van der Waals surface area (Å²) >= 11 is 0. The summed E-state index contributed by atoms with van der Waals surface area (Å²) in [6.45, 7) is 0. The number of methoxy groups -OCH3 is 2. The van der Waals surface area contributed by atoms with E-state index in [1.54, 1.807) is 14.2 Å². The number of hydrogen-bond donors (Lipinski definition) is 0. The first-order chi connectivity index (χ1) is 9.85. The van der Waals surface area contributed by atoms with Crippen molar-refractivity contribution in [3.8, 4) is 0 Å². The fourth-order valence-electron chi connectivity index (χ4n) is 3.51. The van der Waals surface area contributed by atoms with Gasteiger partial charge in [-0.1, -0.05) is 48.5 Å². The topological polar surface area (TPSA) is 18.5 Å². The average molecular weight is 264 g/mol. The Kier molecular flexibility index (Phi) is 2.56. The monoisotopic (exact) mass is 264 g/mol. The van der Waals surface area contributed by atoms with Gasteiger partial charge in [-0.2, -0.15) is 0 Å². The summed E-state index contributed by atoms with van der Waals surface area (Å²) in [5, 5.41) is 5.14. The predicted octanol–water partition coefficient (Wildman–Crippen LogP) is 4.38. The largest absolute Gasteiger partial charge is 0.374 e. The second kappa shape index (κ2) is 4.30. The lowest BCUT2D eigenvalue weighted by Gasteiger charge is -2.32. The summed E-state index contributed by atoms with van der Waals surface area (Å²) in [6.07, 6.45) is -0.103. The highest BCUT2D eigenvalue weighted by atomic mass is 16.5. The minimum Gasteiger partial charge on any atom is -0.374 e. The van der Waals surface area contributed by atoms with Gasteiger partial charge in [0, 0.05) is 14.2 Å². The van der Waals surface area contributed by atoms with Crippen LogP contribution in [0, 0.1) is 0 Å². The molecule has 3 aromatic rings. The van der Waals surface area contributed by atoms with Crippen LogP contribution in [0.5, 0.6) is 0 Å². The third-order valence-electron chi connectivity index (χ3n) is 4.35. The second-order valence-corrected chi connectivity index (χ2v) is 5.27. The molecule has 0 spiro atoms. The Bertz CT molecular complexity index is 738.